The Morgan fingerprint density at radius 2 is 2.00 bits per heavy atom. The van der Waals surface area contributed by atoms with Crippen LogP contribution in [0.4, 0.5) is 0 Å². The highest BCUT2D eigenvalue weighted by Crippen LogP contribution is 2.28. The van der Waals surface area contributed by atoms with Crippen molar-refractivity contribution in [2.75, 3.05) is 6.61 Å². The molecular formula is C15H16ClNO2. The summed E-state index contributed by atoms with van der Waals surface area (Å²) in [7, 11) is 0. The third-order valence-corrected chi connectivity index (χ3v) is 3.08. The third-order valence-electron chi connectivity index (χ3n) is 2.77. The monoisotopic (exact) mass is 277 g/mol. The number of benzene rings is 1. The second-order valence-electron chi connectivity index (χ2n) is 4.22. The van der Waals surface area contributed by atoms with Crippen LogP contribution < -0.4 is 4.74 Å². The lowest BCUT2D eigenvalue weighted by atomic mass is 10.0. The molecule has 1 unspecified atom stereocenters. The minimum atomic E-state index is -0.754. The Kier molecular flexibility index (Phi) is 4.77. The van der Waals surface area contributed by atoms with E-state index in [-0.39, 0.29) is 0 Å². The number of aliphatic hydroxyl groups is 1. The van der Waals surface area contributed by atoms with Gasteiger partial charge in [-0.3, -0.25) is 4.98 Å². The molecule has 0 saturated heterocycles. The number of aliphatic hydroxyl groups excluding tert-OH is 1. The minimum Gasteiger partial charge on any atom is -0.494 e. The number of ether oxygens (including phenoxy) is 1. The molecule has 2 rings (SSSR count). The third kappa shape index (κ3) is 3.46. The molecule has 1 heterocycles. The van der Waals surface area contributed by atoms with Crippen LogP contribution in [0.2, 0.25) is 5.02 Å². The van der Waals surface area contributed by atoms with Gasteiger partial charge in [0.25, 0.3) is 0 Å². The van der Waals surface area contributed by atoms with Gasteiger partial charge in [-0.15, -0.1) is 0 Å². The van der Waals surface area contributed by atoms with Crippen molar-refractivity contribution in [3.8, 4) is 5.75 Å². The van der Waals surface area contributed by atoms with E-state index in [9.17, 15) is 5.11 Å². The van der Waals surface area contributed by atoms with E-state index in [1.54, 1.807) is 12.3 Å². The van der Waals surface area contributed by atoms with E-state index in [4.69, 9.17) is 16.3 Å². The lowest BCUT2D eigenvalue weighted by Crippen LogP contribution is -2.01. The fourth-order valence-electron chi connectivity index (χ4n) is 1.75. The summed E-state index contributed by atoms with van der Waals surface area (Å²) in [5.41, 5.74) is 1.43. The van der Waals surface area contributed by atoms with E-state index in [2.05, 4.69) is 11.9 Å². The van der Waals surface area contributed by atoms with Crippen LogP contribution in [0.3, 0.4) is 0 Å². The first-order valence-corrected chi connectivity index (χ1v) is 6.60. The minimum absolute atomic E-state index is 0.460. The Morgan fingerprint density at radius 3 is 2.63 bits per heavy atom. The van der Waals surface area contributed by atoms with Gasteiger partial charge in [0.2, 0.25) is 0 Å². The Balaban J connectivity index is 2.16. The van der Waals surface area contributed by atoms with Crippen molar-refractivity contribution >= 4 is 11.6 Å². The summed E-state index contributed by atoms with van der Waals surface area (Å²) < 4.78 is 5.50. The molecule has 1 aromatic heterocycles. The van der Waals surface area contributed by atoms with Crippen molar-refractivity contribution in [3.05, 3.63) is 58.9 Å². The van der Waals surface area contributed by atoms with Crippen LogP contribution in [0.1, 0.15) is 30.6 Å². The van der Waals surface area contributed by atoms with Gasteiger partial charge in [-0.2, -0.15) is 0 Å². The second-order valence-corrected chi connectivity index (χ2v) is 4.62. The first-order chi connectivity index (χ1) is 9.22. The Labute approximate surface area is 117 Å². The second kappa shape index (κ2) is 6.55. The van der Waals surface area contributed by atoms with Gasteiger partial charge in [0.1, 0.15) is 11.9 Å². The summed E-state index contributed by atoms with van der Waals surface area (Å²) in [6.45, 7) is 2.75. The van der Waals surface area contributed by atoms with Crippen LogP contribution in [-0.2, 0) is 0 Å². The number of halogens is 1. The molecule has 0 aliphatic carbocycles. The van der Waals surface area contributed by atoms with E-state index in [1.807, 2.05) is 24.3 Å². The van der Waals surface area contributed by atoms with Crippen LogP contribution in [-0.4, -0.2) is 16.7 Å². The zero-order valence-electron chi connectivity index (χ0n) is 10.7. The number of hydrogen-bond donors (Lipinski definition) is 1. The molecule has 0 saturated carbocycles. The molecule has 0 fully saturated rings. The first kappa shape index (κ1) is 13.8. The molecule has 1 atom stereocenters. The van der Waals surface area contributed by atoms with Crippen LogP contribution in [0.15, 0.2) is 42.7 Å². The summed E-state index contributed by atoms with van der Waals surface area (Å²) in [6.07, 6.45) is 3.36. The van der Waals surface area contributed by atoms with Gasteiger partial charge in [-0.1, -0.05) is 30.7 Å². The molecule has 1 N–H and O–H groups in total. The fourth-order valence-corrected chi connectivity index (χ4v) is 1.98. The van der Waals surface area contributed by atoms with Gasteiger partial charge in [0, 0.05) is 18.0 Å². The predicted octanol–water partition coefficient (Wildman–Crippen LogP) is 3.61. The Morgan fingerprint density at radius 1 is 1.26 bits per heavy atom. The largest absolute Gasteiger partial charge is 0.494 e. The van der Waals surface area contributed by atoms with E-state index in [0.717, 1.165) is 17.7 Å². The molecule has 0 aliphatic rings. The summed E-state index contributed by atoms with van der Waals surface area (Å²) >= 11 is 6.02. The van der Waals surface area contributed by atoms with Gasteiger partial charge in [-0.25, -0.2) is 0 Å². The maximum Gasteiger partial charge on any atom is 0.119 e. The number of nitrogens with zero attached hydrogens (tertiary/aromatic N) is 1. The normalized spacial score (nSPS) is 12.2. The van der Waals surface area contributed by atoms with Gasteiger partial charge in [-0.05, 0) is 30.2 Å². The zero-order chi connectivity index (χ0) is 13.7. The van der Waals surface area contributed by atoms with Crippen molar-refractivity contribution in [1.82, 2.24) is 4.98 Å². The molecule has 0 radical (unpaired) electrons. The molecule has 3 nitrogen and oxygen atoms in total. The van der Waals surface area contributed by atoms with Gasteiger partial charge in [0.05, 0.1) is 11.6 Å². The fraction of sp³-hybridized carbons (Fsp3) is 0.267. The molecule has 0 amide bonds. The molecule has 100 valence electrons. The highest BCUT2D eigenvalue weighted by molar-refractivity contribution is 6.31. The maximum atomic E-state index is 10.3. The number of rotatable bonds is 5. The number of pyridine rings is 1. The first-order valence-electron chi connectivity index (χ1n) is 6.22. The quantitative estimate of drug-likeness (QED) is 0.908. The van der Waals surface area contributed by atoms with E-state index in [1.165, 1.54) is 6.20 Å². The lowest BCUT2D eigenvalue weighted by Gasteiger charge is -2.13. The van der Waals surface area contributed by atoms with Crippen molar-refractivity contribution in [1.29, 1.82) is 0 Å². The Bertz CT molecular complexity index is 528. The molecule has 0 bridgehead atoms. The van der Waals surface area contributed by atoms with E-state index in [0.29, 0.717) is 17.2 Å². The lowest BCUT2D eigenvalue weighted by molar-refractivity contribution is 0.220. The SMILES string of the molecule is CCCOc1ccc(C(O)c2ccncc2Cl)cc1. The van der Waals surface area contributed by atoms with Crippen molar-refractivity contribution in [2.24, 2.45) is 0 Å². The van der Waals surface area contributed by atoms with Crippen LogP contribution in [0.25, 0.3) is 0 Å². The molecule has 4 heteroatoms. The molecular weight excluding hydrogens is 262 g/mol. The molecule has 0 aliphatic heterocycles. The maximum absolute atomic E-state index is 10.3. The van der Waals surface area contributed by atoms with Crippen LogP contribution >= 0.6 is 11.6 Å². The number of aromatic nitrogens is 1. The van der Waals surface area contributed by atoms with Crippen LogP contribution in [0.5, 0.6) is 5.75 Å². The average molecular weight is 278 g/mol. The predicted molar refractivity (Wildman–Crippen MR) is 75.5 cm³/mol. The molecule has 19 heavy (non-hydrogen) atoms. The van der Waals surface area contributed by atoms with Crippen molar-refractivity contribution in [2.45, 2.75) is 19.4 Å². The zero-order valence-corrected chi connectivity index (χ0v) is 11.5. The summed E-state index contributed by atoms with van der Waals surface area (Å²) in [6, 6.07) is 9.10. The standard InChI is InChI=1S/C15H16ClNO2/c1-2-9-19-12-5-3-11(4-6-12)15(18)13-7-8-17-10-14(13)16/h3-8,10,15,18H,2,9H2,1H3. The van der Waals surface area contributed by atoms with E-state index >= 15 is 0 Å². The molecule has 0 spiro atoms. The molecule has 1 aromatic carbocycles. The molecule has 2 aromatic rings. The van der Waals surface area contributed by atoms with Gasteiger partial charge < -0.3 is 9.84 Å². The summed E-state index contributed by atoms with van der Waals surface area (Å²) in [5.74, 6) is 0.804. The summed E-state index contributed by atoms with van der Waals surface area (Å²) in [5, 5.41) is 10.7. The van der Waals surface area contributed by atoms with E-state index < -0.39 is 6.10 Å². The number of hydrogen-bond acceptors (Lipinski definition) is 3. The average Bonchev–Trinajstić information content (AvgIpc) is 2.45. The van der Waals surface area contributed by atoms with Crippen LogP contribution in [0, 0.1) is 0 Å². The van der Waals surface area contributed by atoms with Crippen molar-refractivity contribution in [3.63, 3.8) is 0 Å². The van der Waals surface area contributed by atoms with Crippen molar-refractivity contribution < 1.29 is 9.84 Å². The highest BCUT2D eigenvalue weighted by Gasteiger charge is 2.13. The topological polar surface area (TPSA) is 42.4 Å². The summed E-state index contributed by atoms with van der Waals surface area (Å²) in [4.78, 5) is 3.91. The van der Waals surface area contributed by atoms with Gasteiger partial charge in [0.15, 0.2) is 0 Å². The highest BCUT2D eigenvalue weighted by atomic mass is 35.5. The Hall–Kier alpha value is -1.58. The van der Waals surface area contributed by atoms with Gasteiger partial charge >= 0.3 is 0 Å². The smallest absolute Gasteiger partial charge is 0.119 e.